The third-order valence-electron chi connectivity index (χ3n) is 3.70. The van der Waals surface area contributed by atoms with E-state index in [0.29, 0.717) is 6.04 Å². The maximum atomic E-state index is 10.6. The number of rotatable bonds is 4. The second-order valence-electron chi connectivity index (χ2n) is 5.67. The first kappa shape index (κ1) is 19.7. The Bertz CT molecular complexity index is 657. The van der Waals surface area contributed by atoms with Gasteiger partial charge in [0.05, 0.1) is 19.0 Å². The molecule has 2 aromatic rings. The van der Waals surface area contributed by atoms with Gasteiger partial charge in [-0.3, -0.25) is 9.88 Å². The predicted molar refractivity (Wildman–Crippen MR) is 86.4 cm³/mol. The van der Waals surface area contributed by atoms with Crippen molar-refractivity contribution in [3.8, 4) is 0 Å². The van der Waals surface area contributed by atoms with Crippen LogP contribution in [0.3, 0.4) is 0 Å². The van der Waals surface area contributed by atoms with Gasteiger partial charge in [-0.1, -0.05) is 0 Å². The Morgan fingerprint density at radius 2 is 2.04 bits per heavy atom. The number of halogens is 3. The van der Waals surface area contributed by atoms with E-state index in [1.807, 2.05) is 12.1 Å². The molecule has 0 aromatic carbocycles. The maximum absolute atomic E-state index is 10.6. The molecule has 0 spiro atoms. The van der Waals surface area contributed by atoms with Gasteiger partial charge in [0.25, 0.3) is 0 Å². The molecule has 3 heterocycles. The Kier molecular flexibility index (Phi) is 6.96. The van der Waals surface area contributed by atoms with Gasteiger partial charge in [0, 0.05) is 31.5 Å². The van der Waals surface area contributed by atoms with Crippen molar-refractivity contribution in [1.29, 1.82) is 0 Å². The lowest BCUT2D eigenvalue weighted by Gasteiger charge is -2.31. The molecule has 1 saturated heterocycles. The fourth-order valence-electron chi connectivity index (χ4n) is 2.44. The van der Waals surface area contributed by atoms with Crippen molar-refractivity contribution in [3.05, 3.63) is 42.7 Å². The number of nitrogens with zero attached hydrogens (tertiary/aromatic N) is 3. The zero-order chi connectivity index (χ0) is 19.0. The Morgan fingerprint density at radius 3 is 2.54 bits per heavy atom. The van der Waals surface area contributed by atoms with E-state index in [0.717, 1.165) is 44.1 Å². The molecular formula is C16H19F3N4O3. The largest absolute Gasteiger partial charge is 0.490 e. The Balaban J connectivity index is 0.000000298. The number of piperidine rings is 1. The smallest absolute Gasteiger partial charge is 0.475 e. The van der Waals surface area contributed by atoms with Crippen LogP contribution in [0.2, 0.25) is 0 Å². The summed E-state index contributed by atoms with van der Waals surface area (Å²) in [7, 11) is 0. The van der Waals surface area contributed by atoms with Crippen LogP contribution in [0.4, 0.5) is 19.0 Å². The van der Waals surface area contributed by atoms with Crippen LogP contribution < -0.4 is 5.32 Å². The molecule has 0 aliphatic carbocycles. The molecule has 0 unspecified atom stereocenters. The molecule has 0 amide bonds. The van der Waals surface area contributed by atoms with Gasteiger partial charge in [-0.05, 0) is 25.0 Å². The summed E-state index contributed by atoms with van der Waals surface area (Å²) in [5.74, 6) is -0.847. The molecule has 7 nitrogen and oxygen atoms in total. The quantitative estimate of drug-likeness (QED) is 0.853. The standard InChI is InChI=1S/C14H18N4O.C2HF3O2/c1-2-13(19-9-1)11-18-7-3-12(4-8-18)17-14-10-15-5-6-16-14;3-2(4,5)1(6)7/h1-2,5-6,9-10,12H,3-4,7-8,11H2,(H,16,17);(H,6,7). The van der Waals surface area contributed by atoms with Gasteiger partial charge in [-0.2, -0.15) is 13.2 Å². The third-order valence-corrected chi connectivity index (χ3v) is 3.70. The predicted octanol–water partition coefficient (Wildman–Crippen LogP) is 2.78. The number of hydrogen-bond donors (Lipinski definition) is 2. The van der Waals surface area contributed by atoms with Crippen molar-refractivity contribution >= 4 is 11.8 Å². The minimum absolute atomic E-state index is 0.490. The summed E-state index contributed by atoms with van der Waals surface area (Å²) in [4.78, 5) is 19.6. The molecular weight excluding hydrogens is 353 g/mol. The van der Waals surface area contributed by atoms with Crippen molar-refractivity contribution in [2.45, 2.75) is 31.6 Å². The topological polar surface area (TPSA) is 91.5 Å². The highest BCUT2D eigenvalue weighted by molar-refractivity contribution is 5.73. The maximum Gasteiger partial charge on any atom is 0.490 e. The number of carboxylic acids is 1. The van der Waals surface area contributed by atoms with Gasteiger partial charge in [0.1, 0.15) is 11.6 Å². The number of anilines is 1. The number of alkyl halides is 3. The molecule has 142 valence electrons. The first-order valence-corrected chi connectivity index (χ1v) is 7.92. The van der Waals surface area contributed by atoms with E-state index in [4.69, 9.17) is 14.3 Å². The van der Waals surface area contributed by atoms with Crippen LogP contribution in [-0.4, -0.2) is 51.3 Å². The van der Waals surface area contributed by atoms with Gasteiger partial charge in [0.2, 0.25) is 0 Å². The summed E-state index contributed by atoms with van der Waals surface area (Å²) < 4.78 is 37.1. The van der Waals surface area contributed by atoms with Crippen LogP contribution in [0.15, 0.2) is 41.4 Å². The Labute approximate surface area is 147 Å². The molecule has 0 atom stereocenters. The van der Waals surface area contributed by atoms with E-state index in [1.54, 1.807) is 24.9 Å². The summed E-state index contributed by atoms with van der Waals surface area (Å²) in [6, 6.07) is 4.46. The SMILES string of the molecule is O=C(O)C(F)(F)F.c1coc(CN2CCC(Nc3cnccn3)CC2)c1. The average molecular weight is 372 g/mol. The molecule has 2 aromatic heterocycles. The highest BCUT2D eigenvalue weighted by Crippen LogP contribution is 2.17. The normalized spacial score (nSPS) is 15.8. The highest BCUT2D eigenvalue weighted by Gasteiger charge is 2.38. The minimum Gasteiger partial charge on any atom is -0.475 e. The van der Waals surface area contributed by atoms with Gasteiger partial charge >= 0.3 is 12.1 Å². The zero-order valence-corrected chi connectivity index (χ0v) is 13.8. The molecule has 0 radical (unpaired) electrons. The van der Waals surface area contributed by atoms with Gasteiger partial charge in [0.15, 0.2) is 0 Å². The average Bonchev–Trinajstić information content (AvgIpc) is 3.10. The Morgan fingerprint density at radius 1 is 1.35 bits per heavy atom. The van der Waals surface area contributed by atoms with E-state index in [-0.39, 0.29) is 0 Å². The second-order valence-corrected chi connectivity index (χ2v) is 5.67. The van der Waals surface area contributed by atoms with Crippen molar-refractivity contribution in [2.75, 3.05) is 18.4 Å². The second kappa shape index (κ2) is 9.18. The minimum atomic E-state index is -5.08. The molecule has 26 heavy (non-hydrogen) atoms. The molecule has 1 aliphatic heterocycles. The van der Waals surface area contributed by atoms with Gasteiger partial charge < -0.3 is 14.8 Å². The number of carboxylic acid groups (broad SMARTS) is 1. The number of nitrogens with one attached hydrogen (secondary N) is 1. The number of hydrogen-bond acceptors (Lipinski definition) is 6. The fourth-order valence-corrected chi connectivity index (χ4v) is 2.44. The van der Waals surface area contributed by atoms with E-state index < -0.39 is 12.1 Å². The third kappa shape index (κ3) is 6.71. The number of aliphatic carboxylic acids is 1. The lowest BCUT2D eigenvalue weighted by Crippen LogP contribution is -2.38. The lowest BCUT2D eigenvalue weighted by molar-refractivity contribution is -0.192. The van der Waals surface area contributed by atoms with Crippen LogP contribution >= 0.6 is 0 Å². The first-order chi connectivity index (χ1) is 12.3. The van der Waals surface area contributed by atoms with Crippen molar-refractivity contribution < 1.29 is 27.5 Å². The highest BCUT2D eigenvalue weighted by atomic mass is 19.4. The number of likely N-dealkylation sites (tertiary alicyclic amines) is 1. The summed E-state index contributed by atoms with van der Waals surface area (Å²) in [6.07, 6.45) is 4.08. The summed E-state index contributed by atoms with van der Waals surface area (Å²) in [6.45, 7) is 3.07. The van der Waals surface area contributed by atoms with Gasteiger partial charge in [-0.25, -0.2) is 9.78 Å². The van der Waals surface area contributed by atoms with Crippen LogP contribution in [0.25, 0.3) is 0 Å². The molecule has 1 aliphatic rings. The first-order valence-electron chi connectivity index (χ1n) is 7.92. The molecule has 3 rings (SSSR count). The van der Waals surface area contributed by atoms with Crippen molar-refractivity contribution in [1.82, 2.24) is 14.9 Å². The van der Waals surface area contributed by atoms with E-state index in [9.17, 15) is 13.2 Å². The zero-order valence-electron chi connectivity index (χ0n) is 13.8. The van der Waals surface area contributed by atoms with Crippen LogP contribution in [0, 0.1) is 0 Å². The van der Waals surface area contributed by atoms with Crippen LogP contribution in [0.5, 0.6) is 0 Å². The van der Waals surface area contributed by atoms with E-state index in [2.05, 4.69) is 20.2 Å². The van der Waals surface area contributed by atoms with E-state index >= 15 is 0 Å². The molecule has 2 N–H and O–H groups in total. The van der Waals surface area contributed by atoms with Gasteiger partial charge in [-0.15, -0.1) is 0 Å². The fraction of sp³-hybridized carbons (Fsp3) is 0.438. The molecule has 1 fully saturated rings. The van der Waals surface area contributed by atoms with Crippen molar-refractivity contribution in [3.63, 3.8) is 0 Å². The molecule has 0 bridgehead atoms. The molecule has 0 saturated carbocycles. The van der Waals surface area contributed by atoms with Crippen LogP contribution in [0.1, 0.15) is 18.6 Å². The number of aromatic nitrogens is 2. The molecule has 10 heteroatoms. The van der Waals surface area contributed by atoms with E-state index in [1.165, 1.54) is 0 Å². The summed E-state index contributed by atoms with van der Waals surface area (Å²) in [5.41, 5.74) is 0. The summed E-state index contributed by atoms with van der Waals surface area (Å²) in [5, 5.41) is 10.6. The van der Waals surface area contributed by atoms with Crippen molar-refractivity contribution in [2.24, 2.45) is 0 Å². The number of carbonyl (C=O) groups is 1. The Hall–Kier alpha value is -2.62. The lowest BCUT2D eigenvalue weighted by atomic mass is 10.1. The number of furan rings is 1. The monoisotopic (exact) mass is 372 g/mol. The summed E-state index contributed by atoms with van der Waals surface area (Å²) >= 11 is 0. The van der Waals surface area contributed by atoms with Crippen LogP contribution in [-0.2, 0) is 11.3 Å².